The highest BCUT2D eigenvalue weighted by Gasteiger charge is 2.14. The maximum Gasteiger partial charge on any atom is 0.224 e. The van der Waals surface area contributed by atoms with Crippen molar-refractivity contribution in [3.05, 3.63) is 35.9 Å². The number of amides is 1. The van der Waals surface area contributed by atoms with Crippen LogP contribution in [-0.4, -0.2) is 41.5 Å². The first kappa shape index (κ1) is 20.2. The number of hydrogen-bond donors (Lipinski definition) is 1. The van der Waals surface area contributed by atoms with Gasteiger partial charge in [0.2, 0.25) is 11.7 Å². The maximum absolute atomic E-state index is 12.4. The molecule has 2 aromatic carbocycles. The van der Waals surface area contributed by atoms with E-state index in [4.69, 9.17) is 23.7 Å². The van der Waals surface area contributed by atoms with Gasteiger partial charge < -0.3 is 29.0 Å². The van der Waals surface area contributed by atoms with Gasteiger partial charge >= 0.3 is 0 Å². The summed E-state index contributed by atoms with van der Waals surface area (Å²) < 4.78 is 26.4. The molecule has 0 bridgehead atoms. The number of ether oxygens (including phenoxy) is 5. The van der Waals surface area contributed by atoms with Crippen molar-refractivity contribution in [3.8, 4) is 28.7 Å². The van der Waals surface area contributed by atoms with E-state index in [0.29, 0.717) is 40.9 Å². The van der Waals surface area contributed by atoms with Gasteiger partial charge in [0.05, 0.1) is 41.2 Å². The third-order valence-corrected chi connectivity index (χ3v) is 4.05. The highest BCUT2D eigenvalue weighted by atomic mass is 16.5. The molecule has 7 nitrogen and oxygen atoms in total. The Morgan fingerprint density at radius 2 is 1.44 bits per heavy atom. The first-order valence-corrected chi connectivity index (χ1v) is 8.37. The molecule has 0 atom stereocenters. The Balaban J connectivity index is 2.08. The molecular weight excluding hydrogens is 350 g/mol. The van der Waals surface area contributed by atoms with E-state index in [-0.39, 0.29) is 12.3 Å². The fourth-order valence-corrected chi connectivity index (χ4v) is 2.65. The Kier molecular flexibility index (Phi) is 7.16. The molecule has 0 heterocycles. The van der Waals surface area contributed by atoms with Gasteiger partial charge in [0.25, 0.3) is 0 Å². The molecule has 0 spiro atoms. The summed E-state index contributed by atoms with van der Waals surface area (Å²) >= 11 is 0. The third kappa shape index (κ3) is 4.97. The molecule has 146 valence electrons. The molecule has 0 aliphatic rings. The monoisotopic (exact) mass is 375 g/mol. The Labute approximate surface area is 159 Å². The van der Waals surface area contributed by atoms with Crippen molar-refractivity contribution in [3.63, 3.8) is 0 Å². The van der Waals surface area contributed by atoms with Gasteiger partial charge in [-0.2, -0.15) is 0 Å². The van der Waals surface area contributed by atoms with Crippen molar-refractivity contribution >= 4 is 11.6 Å². The molecule has 1 amide bonds. The average molecular weight is 375 g/mol. The topological polar surface area (TPSA) is 75.3 Å². The smallest absolute Gasteiger partial charge is 0.224 e. The lowest BCUT2D eigenvalue weighted by atomic mass is 10.1. The zero-order chi connectivity index (χ0) is 19.8. The van der Waals surface area contributed by atoms with E-state index >= 15 is 0 Å². The van der Waals surface area contributed by atoms with Crippen molar-refractivity contribution < 1.29 is 28.5 Å². The highest BCUT2D eigenvalue weighted by Crippen LogP contribution is 2.38. The molecule has 2 aromatic rings. The second kappa shape index (κ2) is 9.56. The lowest BCUT2D eigenvalue weighted by molar-refractivity contribution is -0.116. The molecule has 0 aromatic heterocycles. The van der Waals surface area contributed by atoms with Crippen molar-refractivity contribution in [1.82, 2.24) is 0 Å². The van der Waals surface area contributed by atoms with Gasteiger partial charge in [-0.25, -0.2) is 0 Å². The molecular formula is C20H25NO6. The summed E-state index contributed by atoms with van der Waals surface area (Å²) in [5.74, 6) is 2.70. The molecule has 0 radical (unpaired) electrons. The van der Waals surface area contributed by atoms with Gasteiger partial charge in [-0.3, -0.25) is 4.79 Å². The van der Waals surface area contributed by atoms with Gasteiger partial charge in [0.15, 0.2) is 11.5 Å². The zero-order valence-electron chi connectivity index (χ0n) is 16.3. The number of methoxy groups -OCH3 is 5. The summed E-state index contributed by atoms with van der Waals surface area (Å²) in [7, 11) is 7.79. The van der Waals surface area contributed by atoms with E-state index in [0.717, 1.165) is 5.56 Å². The van der Waals surface area contributed by atoms with E-state index in [2.05, 4.69) is 5.32 Å². The number of anilines is 1. The quantitative estimate of drug-likeness (QED) is 0.725. The normalized spacial score (nSPS) is 10.1. The largest absolute Gasteiger partial charge is 0.497 e. The summed E-state index contributed by atoms with van der Waals surface area (Å²) in [6.07, 6.45) is 0.800. The molecule has 0 aliphatic carbocycles. The average Bonchev–Trinajstić information content (AvgIpc) is 2.71. The molecule has 0 saturated heterocycles. The van der Waals surface area contributed by atoms with Gasteiger partial charge in [0, 0.05) is 12.5 Å². The van der Waals surface area contributed by atoms with Crippen LogP contribution in [0.25, 0.3) is 0 Å². The Hall–Kier alpha value is -3.09. The fraction of sp³-hybridized carbons (Fsp3) is 0.350. The SMILES string of the molecule is COc1ccc(NC(=O)CCc2cc(OC)c(OC)c(OC)c2)c(OC)c1. The molecule has 2 rings (SSSR count). The van der Waals surface area contributed by atoms with Crippen LogP contribution in [0, 0.1) is 0 Å². The second-order valence-electron chi connectivity index (χ2n) is 5.65. The van der Waals surface area contributed by atoms with Crippen LogP contribution in [0.1, 0.15) is 12.0 Å². The van der Waals surface area contributed by atoms with E-state index in [9.17, 15) is 4.79 Å². The minimum atomic E-state index is -0.132. The first-order chi connectivity index (χ1) is 13.1. The molecule has 27 heavy (non-hydrogen) atoms. The zero-order valence-corrected chi connectivity index (χ0v) is 16.3. The van der Waals surface area contributed by atoms with Crippen LogP contribution < -0.4 is 29.0 Å². The predicted octanol–water partition coefficient (Wildman–Crippen LogP) is 3.30. The van der Waals surface area contributed by atoms with Gasteiger partial charge in [-0.1, -0.05) is 0 Å². The van der Waals surface area contributed by atoms with Crippen LogP contribution in [0.15, 0.2) is 30.3 Å². The van der Waals surface area contributed by atoms with Crippen molar-refractivity contribution in [2.75, 3.05) is 40.9 Å². The van der Waals surface area contributed by atoms with E-state index < -0.39 is 0 Å². The van der Waals surface area contributed by atoms with Crippen LogP contribution in [-0.2, 0) is 11.2 Å². The molecule has 0 fully saturated rings. The number of carbonyl (C=O) groups excluding carboxylic acids is 1. The lowest BCUT2D eigenvalue weighted by Crippen LogP contribution is -2.13. The van der Waals surface area contributed by atoms with E-state index in [1.54, 1.807) is 53.7 Å². The van der Waals surface area contributed by atoms with Crippen LogP contribution in [0.5, 0.6) is 28.7 Å². The van der Waals surface area contributed by atoms with Crippen LogP contribution in [0.4, 0.5) is 5.69 Å². The number of rotatable bonds is 9. The predicted molar refractivity (Wildman–Crippen MR) is 103 cm³/mol. The number of aryl methyl sites for hydroxylation is 1. The summed E-state index contributed by atoms with van der Waals surface area (Å²) in [5, 5.41) is 2.86. The Morgan fingerprint density at radius 3 is 1.96 bits per heavy atom. The standard InChI is InChI=1S/C20H25NO6/c1-23-14-7-8-15(16(12-14)24-2)21-19(22)9-6-13-10-17(25-3)20(27-5)18(11-13)26-4/h7-8,10-12H,6,9H2,1-5H3,(H,21,22). The molecule has 0 aliphatic heterocycles. The minimum absolute atomic E-state index is 0.132. The third-order valence-electron chi connectivity index (χ3n) is 4.05. The summed E-state index contributed by atoms with van der Waals surface area (Å²) in [5.41, 5.74) is 1.49. The van der Waals surface area contributed by atoms with Crippen LogP contribution >= 0.6 is 0 Å². The summed E-state index contributed by atoms with van der Waals surface area (Å²) in [4.78, 5) is 12.4. The fourth-order valence-electron chi connectivity index (χ4n) is 2.65. The highest BCUT2D eigenvalue weighted by molar-refractivity contribution is 5.92. The van der Waals surface area contributed by atoms with Crippen LogP contribution in [0.3, 0.4) is 0 Å². The molecule has 7 heteroatoms. The van der Waals surface area contributed by atoms with Crippen molar-refractivity contribution in [2.45, 2.75) is 12.8 Å². The summed E-state index contributed by atoms with van der Waals surface area (Å²) in [6, 6.07) is 8.90. The van der Waals surface area contributed by atoms with Gasteiger partial charge in [-0.15, -0.1) is 0 Å². The lowest BCUT2D eigenvalue weighted by Gasteiger charge is -2.14. The second-order valence-corrected chi connectivity index (χ2v) is 5.65. The van der Waals surface area contributed by atoms with Crippen molar-refractivity contribution in [1.29, 1.82) is 0 Å². The van der Waals surface area contributed by atoms with Gasteiger partial charge in [0.1, 0.15) is 11.5 Å². The number of benzene rings is 2. The Morgan fingerprint density at radius 1 is 0.815 bits per heavy atom. The first-order valence-electron chi connectivity index (χ1n) is 8.37. The van der Waals surface area contributed by atoms with E-state index in [1.165, 1.54) is 0 Å². The minimum Gasteiger partial charge on any atom is -0.497 e. The van der Waals surface area contributed by atoms with Gasteiger partial charge in [-0.05, 0) is 36.2 Å². The number of nitrogens with one attached hydrogen (secondary N) is 1. The van der Waals surface area contributed by atoms with Crippen LogP contribution in [0.2, 0.25) is 0 Å². The summed E-state index contributed by atoms with van der Waals surface area (Å²) in [6.45, 7) is 0. The molecule has 0 unspecified atom stereocenters. The molecule has 0 saturated carbocycles. The van der Waals surface area contributed by atoms with E-state index in [1.807, 2.05) is 12.1 Å². The van der Waals surface area contributed by atoms with Crippen molar-refractivity contribution in [2.24, 2.45) is 0 Å². The number of hydrogen-bond acceptors (Lipinski definition) is 6. The number of carbonyl (C=O) groups is 1. The maximum atomic E-state index is 12.4. The Bertz CT molecular complexity index is 765. The molecule has 1 N–H and O–H groups in total.